The second-order valence-corrected chi connectivity index (χ2v) is 6.04. The van der Waals surface area contributed by atoms with E-state index in [1.165, 1.54) is 4.90 Å². The lowest BCUT2D eigenvalue weighted by Gasteiger charge is -2.20. The third kappa shape index (κ3) is 4.03. The molecule has 3 N–H and O–H groups in total. The van der Waals surface area contributed by atoms with Gasteiger partial charge in [-0.25, -0.2) is 0 Å². The number of carboxylic acid groups (broad SMARTS) is 1. The van der Waals surface area contributed by atoms with E-state index in [9.17, 15) is 14.7 Å². The molecule has 2 rings (SSSR count). The summed E-state index contributed by atoms with van der Waals surface area (Å²) in [5.74, 6) is -1.31. The smallest absolute Gasteiger partial charge is 0.321 e. The van der Waals surface area contributed by atoms with Crippen LogP contribution in [0, 0.1) is 6.92 Å². The first-order valence-electron chi connectivity index (χ1n) is 6.57. The SMILES string of the molecule is Cc1cc(NC(=O)CN2CC(O)CC2C(=O)O)ccc1Br. The molecular weight excluding hydrogens is 340 g/mol. The van der Waals surface area contributed by atoms with E-state index >= 15 is 0 Å². The fourth-order valence-corrected chi connectivity index (χ4v) is 2.67. The number of rotatable bonds is 4. The Hall–Kier alpha value is -1.44. The first-order chi connectivity index (χ1) is 9.86. The maximum absolute atomic E-state index is 12.0. The van der Waals surface area contributed by atoms with Crippen LogP contribution in [-0.2, 0) is 9.59 Å². The summed E-state index contributed by atoms with van der Waals surface area (Å²) in [4.78, 5) is 24.6. The Balaban J connectivity index is 1.97. The molecule has 1 aliphatic heterocycles. The molecule has 0 aliphatic carbocycles. The summed E-state index contributed by atoms with van der Waals surface area (Å²) >= 11 is 3.38. The molecule has 1 aliphatic rings. The normalized spacial score (nSPS) is 22.2. The first kappa shape index (κ1) is 15.9. The van der Waals surface area contributed by atoms with Crippen LogP contribution in [-0.4, -0.2) is 52.2 Å². The molecule has 0 bridgehead atoms. The summed E-state index contributed by atoms with van der Waals surface area (Å²) < 4.78 is 0.953. The van der Waals surface area contributed by atoms with Crippen molar-refractivity contribution >= 4 is 33.5 Å². The number of likely N-dealkylation sites (tertiary alicyclic amines) is 1. The van der Waals surface area contributed by atoms with Crippen molar-refractivity contribution in [3.8, 4) is 0 Å². The Kier molecular flexibility index (Phi) is 4.97. The number of hydrogen-bond acceptors (Lipinski definition) is 4. The van der Waals surface area contributed by atoms with E-state index in [1.54, 1.807) is 6.07 Å². The van der Waals surface area contributed by atoms with Gasteiger partial charge in [0.15, 0.2) is 0 Å². The lowest BCUT2D eigenvalue weighted by Crippen LogP contribution is -2.41. The van der Waals surface area contributed by atoms with Crippen LogP contribution in [0.5, 0.6) is 0 Å². The molecule has 21 heavy (non-hydrogen) atoms. The molecule has 6 nitrogen and oxygen atoms in total. The van der Waals surface area contributed by atoms with Crippen LogP contribution in [0.1, 0.15) is 12.0 Å². The summed E-state index contributed by atoms with van der Waals surface area (Å²) in [6.07, 6.45) is -0.547. The Morgan fingerprint density at radius 2 is 2.19 bits per heavy atom. The number of carbonyl (C=O) groups excluding carboxylic acids is 1. The highest BCUT2D eigenvalue weighted by Crippen LogP contribution is 2.21. The van der Waals surface area contributed by atoms with E-state index in [2.05, 4.69) is 21.2 Å². The van der Waals surface area contributed by atoms with E-state index in [-0.39, 0.29) is 25.4 Å². The van der Waals surface area contributed by atoms with Gasteiger partial charge in [0, 0.05) is 23.1 Å². The van der Waals surface area contributed by atoms with E-state index < -0.39 is 18.1 Å². The summed E-state index contributed by atoms with van der Waals surface area (Å²) in [7, 11) is 0. The second kappa shape index (κ2) is 6.55. The number of halogens is 1. The summed E-state index contributed by atoms with van der Waals surface area (Å²) in [5, 5.41) is 21.4. The lowest BCUT2D eigenvalue weighted by molar-refractivity contribution is -0.142. The number of aryl methyl sites for hydroxylation is 1. The van der Waals surface area contributed by atoms with Crippen molar-refractivity contribution in [2.75, 3.05) is 18.4 Å². The average Bonchev–Trinajstić information content (AvgIpc) is 2.75. The Morgan fingerprint density at radius 3 is 2.81 bits per heavy atom. The molecular formula is C14H17BrN2O4. The quantitative estimate of drug-likeness (QED) is 0.754. The van der Waals surface area contributed by atoms with Crippen molar-refractivity contribution in [3.05, 3.63) is 28.2 Å². The van der Waals surface area contributed by atoms with Crippen LogP contribution in [0.2, 0.25) is 0 Å². The number of aliphatic carboxylic acids is 1. The number of hydrogen-bond donors (Lipinski definition) is 3. The standard InChI is InChI=1S/C14H17BrN2O4/c1-8-4-9(2-3-11(8)15)16-13(19)7-17-6-10(18)5-12(17)14(20)21/h2-4,10,12,18H,5-7H2,1H3,(H,16,19)(H,20,21). The molecule has 7 heteroatoms. The molecule has 1 aromatic carbocycles. The van der Waals surface area contributed by atoms with Crippen LogP contribution in [0.3, 0.4) is 0 Å². The van der Waals surface area contributed by atoms with Crippen LogP contribution in [0.25, 0.3) is 0 Å². The minimum Gasteiger partial charge on any atom is -0.480 e. The van der Waals surface area contributed by atoms with E-state index in [1.807, 2.05) is 19.1 Å². The van der Waals surface area contributed by atoms with Gasteiger partial charge in [-0.2, -0.15) is 0 Å². The second-order valence-electron chi connectivity index (χ2n) is 5.19. The van der Waals surface area contributed by atoms with E-state index in [0.717, 1.165) is 10.0 Å². The average molecular weight is 357 g/mol. The van der Waals surface area contributed by atoms with Crippen LogP contribution >= 0.6 is 15.9 Å². The van der Waals surface area contributed by atoms with Gasteiger partial charge in [0.05, 0.1) is 12.6 Å². The highest BCUT2D eigenvalue weighted by molar-refractivity contribution is 9.10. The third-order valence-corrected chi connectivity index (χ3v) is 4.34. The third-order valence-electron chi connectivity index (χ3n) is 3.45. The molecule has 0 spiro atoms. The van der Waals surface area contributed by atoms with Gasteiger partial charge in [0.1, 0.15) is 6.04 Å². The zero-order valence-corrected chi connectivity index (χ0v) is 13.1. The zero-order chi connectivity index (χ0) is 15.6. The van der Waals surface area contributed by atoms with Crippen LogP contribution in [0.4, 0.5) is 5.69 Å². The molecule has 2 atom stereocenters. The molecule has 0 aromatic heterocycles. The summed E-state index contributed by atoms with van der Waals surface area (Å²) in [6, 6.07) is 4.63. The maximum Gasteiger partial charge on any atom is 0.321 e. The number of anilines is 1. The molecule has 1 aromatic rings. The van der Waals surface area contributed by atoms with Gasteiger partial charge in [0.2, 0.25) is 5.91 Å². The molecule has 1 fully saturated rings. The number of carbonyl (C=O) groups is 2. The molecule has 0 saturated carbocycles. The predicted molar refractivity (Wildman–Crippen MR) is 81.1 cm³/mol. The van der Waals surface area contributed by atoms with Crippen molar-refractivity contribution in [1.29, 1.82) is 0 Å². The van der Waals surface area contributed by atoms with Gasteiger partial charge >= 0.3 is 5.97 Å². The number of nitrogens with one attached hydrogen (secondary N) is 1. The van der Waals surface area contributed by atoms with Gasteiger partial charge < -0.3 is 15.5 Å². The zero-order valence-electron chi connectivity index (χ0n) is 11.5. The Morgan fingerprint density at radius 1 is 1.48 bits per heavy atom. The van der Waals surface area contributed by atoms with Crippen molar-refractivity contribution < 1.29 is 19.8 Å². The monoisotopic (exact) mass is 356 g/mol. The van der Waals surface area contributed by atoms with Gasteiger partial charge in [-0.05, 0) is 30.7 Å². The number of amides is 1. The fraction of sp³-hybridized carbons (Fsp3) is 0.429. The van der Waals surface area contributed by atoms with Crippen molar-refractivity contribution in [1.82, 2.24) is 4.90 Å². The predicted octanol–water partition coefficient (Wildman–Crippen LogP) is 1.22. The molecule has 1 saturated heterocycles. The fourth-order valence-electron chi connectivity index (χ4n) is 2.42. The number of aliphatic hydroxyl groups is 1. The topological polar surface area (TPSA) is 89.9 Å². The van der Waals surface area contributed by atoms with Crippen molar-refractivity contribution in [2.24, 2.45) is 0 Å². The van der Waals surface area contributed by atoms with Gasteiger partial charge in [0.25, 0.3) is 0 Å². The molecule has 2 unspecified atom stereocenters. The number of aliphatic hydroxyl groups excluding tert-OH is 1. The number of carboxylic acids is 1. The molecule has 1 amide bonds. The molecule has 1 heterocycles. The Bertz CT molecular complexity index is 564. The number of benzene rings is 1. The van der Waals surface area contributed by atoms with Crippen LogP contribution in [0.15, 0.2) is 22.7 Å². The number of nitrogens with zero attached hydrogens (tertiary/aromatic N) is 1. The van der Waals surface area contributed by atoms with Gasteiger partial charge in [-0.1, -0.05) is 15.9 Å². The maximum atomic E-state index is 12.0. The van der Waals surface area contributed by atoms with Gasteiger partial charge in [-0.3, -0.25) is 14.5 Å². The minimum absolute atomic E-state index is 0.0524. The van der Waals surface area contributed by atoms with Crippen molar-refractivity contribution in [2.45, 2.75) is 25.5 Å². The number of β-amino-alcohol motifs (C(OH)–C–C–N with tert-alkyl or cyclic N) is 1. The Labute approximate surface area is 130 Å². The first-order valence-corrected chi connectivity index (χ1v) is 7.37. The van der Waals surface area contributed by atoms with Crippen LogP contribution < -0.4 is 5.32 Å². The minimum atomic E-state index is -1.01. The van der Waals surface area contributed by atoms with E-state index in [4.69, 9.17) is 5.11 Å². The van der Waals surface area contributed by atoms with E-state index in [0.29, 0.717) is 5.69 Å². The summed E-state index contributed by atoms with van der Waals surface area (Å²) in [5.41, 5.74) is 1.65. The molecule has 114 valence electrons. The van der Waals surface area contributed by atoms with Gasteiger partial charge in [-0.15, -0.1) is 0 Å². The van der Waals surface area contributed by atoms with Crippen molar-refractivity contribution in [3.63, 3.8) is 0 Å². The molecule has 0 radical (unpaired) electrons. The largest absolute Gasteiger partial charge is 0.480 e. The lowest BCUT2D eigenvalue weighted by atomic mass is 10.2. The summed E-state index contributed by atoms with van der Waals surface area (Å²) in [6.45, 7) is 2.06. The highest BCUT2D eigenvalue weighted by atomic mass is 79.9. The highest BCUT2D eigenvalue weighted by Gasteiger charge is 2.36.